The Bertz CT molecular complexity index is 293. The van der Waals surface area contributed by atoms with Gasteiger partial charge in [0, 0.05) is 31.6 Å². The van der Waals surface area contributed by atoms with Gasteiger partial charge < -0.3 is 10.1 Å². The maximum absolute atomic E-state index is 12.0. The van der Waals surface area contributed by atoms with E-state index in [1.165, 1.54) is 12.8 Å². The molecule has 1 aliphatic heterocycles. The Morgan fingerprint density at radius 1 is 1.26 bits per heavy atom. The largest absolute Gasteiger partial charge is 0.373 e. The number of hydrogen-bond donors (Lipinski definition) is 1. The second kappa shape index (κ2) is 6.71. The summed E-state index contributed by atoms with van der Waals surface area (Å²) in [7, 11) is 0. The van der Waals surface area contributed by atoms with Crippen LogP contribution in [0.3, 0.4) is 0 Å². The minimum absolute atomic E-state index is 0.263. The van der Waals surface area contributed by atoms with E-state index in [-0.39, 0.29) is 24.0 Å². The molecule has 1 heterocycles. The normalized spacial score (nSPS) is 31.3. The van der Waals surface area contributed by atoms with Crippen LogP contribution in [0.1, 0.15) is 46.5 Å². The van der Waals surface area contributed by atoms with Crippen LogP contribution < -0.4 is 5.32 Å². The summed E-state index contributed by atoms with van der Waals surface area (Å²) in [5.41, 5.74) is 0. The van der Waals surface area contributed by atoms with Crippen LogP contribution in [0.15, 0.2) is 0 Å². The second-order valence-electron chi connectivity index (χ2n) is 6.29. The van der Waals surface area contributed by atoms with Gasteiger partial charge in [-0.05, 0) is 33.6 Å². The minimum atomic E-state index is 0.263. The van der Waals surface area contributed by atoms with Gasteiger partial charge in [-0.15, -0.1) is 0 Å². The molecule has 3 unspecified atom stereocenters. The molecule has 0 aromatic heterocycles. The van der Waals surface area contributed by atoms with E-state index in [9.17, 15) is 4.79 Å². The molecule has 1 aliphatic carbocycles. The predicted molar refractivity (Wildman–Crippen MR) is 76.0 cm³/mol. The fourth-order valence-electron chi connectivity index (χ4n) is 3.29. The lowest BCUT2D eigenvalue weighted by atomic mass is 10.1. The van der Waals surface area contributed by atoms with Gasteiger partial charge in [-0.2, -0.15) is 0 Å². The van der Waals surface area contributed by atoms with Gasteiger partial charge >= 0.3 is 0 Å². The molecule has 0 aromatic rings. The van der Waals surface area contributed by atoms with E-state index in [4.69, 9.17) is 4.74 Å². The van der Waals surface area contributed by atoms with Crippen LogP contribution >= 0.6 is 0 Å². The number of morpholine rings is 1. The molecule has 4 nitrogen and oxygen atoms in total. The molecule has 0 spiro atoms. The molecule has 2 aliphatic rings. The third-order valence-electron chi connectivity index (χ3n) is 4.37. The summed E-state index contributed by atoms with van der Waals surface area (Å²) in [5.74, 6) is 0.536. The van der Waals surface area contributed by atoms with Gasteiger partial charge in [-0.1, -0.05) is 12.8 Å². The van der Waals surface area contributed by atoms with Crippen molar-refractivity contribution in [3.63, 3.8) is 0 Å². The monoisotopic (exact) mass is 268 g/mol. The van der Waals surface area contributed by atoms with Crippen molar-refractivity contribution < 1.29 is 9.53 Å². The summed E-state index contributed by atoms with van der Waals surface area (Å²) in [6.07, 6.45) is 5.16. The van der Waals surface area contributed by atoms with Crippen LogP contribution in [0.25, 0.3) is 0 Å². The highest BCUT2D eigenvalue weighted by Crippen LogP contribution is 2.24. The van der Waals surface area contributed by atoms with Crippen molar-refractivity contribution in [2.24, 2.45) is 5.92 Å². The number of rotatable bonds is 4. The zero-order valence-electron chi connectivity index (χ0n) is 12.5. The van der Waals surface area contributed by atoms with Crippen molar-refractivity contribution in [1.82, 2.24) is 10.2 Å². The van der Waals surface area contributed by atoms with E-state index in [1.807, 2.05) is 0 Å². The standard InChI is InChI=1S/C15H28N2O2/c1-11(17-9-12(2)19-13(3)10-17)8-16-15(18)14-6-4-5-7-14/h11-14H,4-10H2,1-3H3,(H,16,18). The lowest BCUT2D eigenvalue weighted by Crippen LogP contribution is -2.52. The molecule has 2 fully saturated rings. The van der Waals surface area contributed by atoms with E-state index in [1.54, 1.807) is 0 Å². The Labute approximate surface area is 116 Å². The Balaban J connectivity index is 1.74. The van der Waals surface area contributed by atoms with E-state index >= 15 is 0 Å². The van der Waals surface area contributed by atoms with Crippen LogP contribution in [0, 0.1) is 5.92 Å². The molecule has 1 saturated carbocycles. The Kier molecular flexibility index (Phi) is 5.22. The van der Waals surface area contributed by atoms with Gasteiger partial charge in [0.25, 0.3) is 0 Å². The van der Waals surface area contributed by atoms with E-state index in [0.717, 1.165) is 32.5 Å². The van der Waals surface area contributed by atoms with Gasteiger partial charge in [-0.25, -0.2) is 0 Å². The number of nitrogens with zero attached hydrogens (tertiary/aromatic N) is 1. The molecule has 1 saturated heterocycles. The summed E-state index contributed by atoms with van der Waals surface area (Å²) < 4.78 is 5.74. The van der Waals surface area contributed by atoms with Crippen LogP contribution in [-0.4, -0.2) is 48.7 Å². The van der Waals surface area contributed by atoms with Gasteiger partial charge in [0.2, 0.25) is 5.91 Å². The number of nitrogens with one attached hydrogen (secondary N) is 1. The lowest BCUT2D eigenvalue weighted by molar-refractivity contribution is -0.125. The highest BCUT2D eigenvalue weighted by molar-refractivity contribution is 5.78. The van der Waals surface area contributed by atoms with Crippen molar-refractivity contribution in [2.75, 3.05) is 19.6 Å². The average Bonchev–Trinajstić information content (AvgIpc) is 2.88. The third-order valence-corrected chi connectivity index (χ3v) is 4.37. The molecule has 1 amide bonds. The molecular formula is C15H28N2O2. The average molecular weight is 268 g/mol. The van der Waals surface area contributed by atoms with Crippen molar-refractivity contribution in [3.8, 4) is 0 Å². The fraction of sp³-hybridized carbons (Fsp3) is 0.933. The molecule has 110 valence electrons. The first-order chi connectivity index (χ1) is 9.06. The van der Waals surface area contributed by atoms with Crippen molar-refractivity contribution in [3.05, 3.63) is 0 Å². The molecule has 1 N–H and O–H groups in total. The summed E-state index contributed by atoms with van der Waals surface area (Å²) in [4.78, 5) is 14.4. The molecule has 0 bridgehead atoms. The second-order valence-corrected chi connectivity index (χ2v) is 6.29. The van der Waals surface area contributed by atoms with E-state index in [2.05, 4.69) is 31.0 Å². The smallest absolute Gasteiger partial charge is 0.223 e. The molecule has 4 heteroatoms. The Morgan fingerprint density at radius 3 is 2.42 bits per heavy atom. The first-order valence-corrected chi connectivity index (χ1v) is 7.73. The zero-order chi connectivity index (χ0) is 13.8. The van der Waals surface area contributed by atoms with E-state index < -0.39 is 0 Å². The van der Waals surface area contributed by atoms with Gasteiger partial charge in [0.15, 0.2) is 0 Å². The van der Waals surface area contributed by atoms with Crippen LogP contribution in [-0.2, 0) is 9.53 Å². The first kappa shape index (κ1) is 14.8. The fourth-order valence-corrected chi connectivity index (χ4v) is 3.29. The molecular weight excluding hydrogens is 240 g/mol. The Morgan fingerprint density at radius 2 is 1.84 bits per heavy atom. The highest BCUT2D eigenvalue weighted by Gasteiger charge is 2.27. The number of ether oxygens (including phenoxy) is 1. The van der Waals surface area contributed by atoms with Crippen LogP contribution in [0.2, 0.25) is 0 Å². The van der Waals surface area contributed by atoms with Crippen molar-refractivity contribution >= 4 is 5.91 Å². The van der Waals surface area contributed by atoms with Crippen molar-refractivity contribution in [2.45, 2.75) is 64.7 Å². The van der Waals surface area contributed by atoms with Crippen LogP contribution in [0.4, 0.5) is 0 Å². The van der Waals surface area contributed by atoms with Gasteiger partial charge in [0.05, 0.1) is 12.2 Å². The first-order valence-electron chi connectivity index (χ1n) is 7.73. The lowest BCUT2D eigenvalue weighted by Gasteiger charge is -2.39. The quantitative estimate of drug-likeness (QED) is 0.845. The summed E-state index contributed by atoms with van der Waals surface area (Å²) in [6, 6.07) is 0.388. The number of amides is 1. The van der Waals surface area contributed by atoms with E-state index in [0.29, 0.717) is 6.04 Å². The third kappa shape index (κ3) is 4.18. The van der Waals surface area contributed by atoms with Gasteiger partial charge in [0.1, 0.15) is 0 Å². The topological polar surface area (TPSA) is 41.6 Å². The predicted octanol–water partition coefficient (Wildman–Crippen LogP) is 1.79. The summed E-state index contributed by atoms with van der Waals surface area (Å²) in [5, 5.41) is 3.13. The number of carbonyl (C=O) groups is 1. The van der Waals surface area contributed by atoms with Gasteiger partial charge in [-0.3, -0.25) is 9.69 Å². The summed E-state index contributed by atoms with van der Waals surface area (Å²) >= 11 is 0. The molecule has 19 heavy (non-hydrogen) atoms. The highest BCUT2D eigenvalue weighted by atomic mass is 16.5. The molecule has 3 atom stereocenters. The minimum Gasteiger partial charge on any atom is -0.373 e. The summed E-state index contributed by atoms with van der Waals surface area (Å²) in [6.45, 7) is 9.11. The van der Waals surface area contributed by atoms with Crippen molar-refractivity contribution in [1.29, 1.82) is 0 Å². The Hall–Kier alpha value is -0.610. The number of carbonyl (C=O) groups excluding carboxylic acids is 1. The number of hydrogen-bond acceptors (Lipinski definition) is 3. The zero-order valence-corrected chi connectivity index (χ0v) is 12.5. The SMILES string of the molecule is CC1CN(C(C)CNC(=O)C2CCCC2)CC(C)O1. The maximum Gasteiger partial charge on any atom is 0.223 e. The maximum atomic E-state index is 12.0. The molecule has 2 rings (SSSR count). The molecule has 0 radical (unpaired) electrons. The van der Waals surface area contributed by atoms with Crippen LogP contribution in [0.5, 0.6) is 0 Å². The molecule has 0 aromatic carbocycles.